The zero-order valence-corrected chi connectivity index (χ0v) is 15.2. The molecule has 1 N–H and O–H groups in total. The normalized spacial score (nSPS) is 27.0. The van der Waals surface area contributed by atoms with Gasteiger partial charge in [-0.3, -0.25) is 14.1 Å². The van der Waals surface area contributed by atoms with Crippen molar-refractivity contribution in [2.24, 2.45) is 5.92 Å². The number of hydrogen-bond donors (Lipinski definition) is 1. The molecule has 2 saturated heterocycles. The molecule has 0 saturated carbocycles. The van der Waals surface area contributed by atoms with Crippen LogP contribution in [-0.4, -0.2) is 48.7 Å². The van der Waals surface area contributed by atoms with Crippen LogP contribution in [0.2, 0.25) is 0 Å². The lowest BCUT2D eigenvalue weighted by Crippen LogP contribution is -2.44. The molecule has 1 aromatic rings. The molecule has 2 aliphatic rings. The van der Waals surface area contributed by atoms with E-state index in [1.54, 1.807) is 6.92 Å². The lowest BCUT2D eigenvalue weighted by Gasteiger charge is -2.22. The average molecular weight is 398 g/mol. The molecule has 2 heterocycles. The number of rotatable bonds is 5. The number of imide groups is 1. The fourth-order valence-electron chi connectivity index (χ4n) is 3.42. The molecule has 0 spiro atoms. The molecule has 2 fully saturated rings. The number of carbonyl (C=O) groups is 2. The van der Waals surface area contributed by atoms with E-state index in [2.05, 4.69) is 38.3 Å². The fourth-order valence-corrected chi connectivity index (χ4v) is 3.81. The van der Waals surface area contributed by atoms with Crippen molar-refractivity contribution in [3.8, 4) is 0 Å². The Bertz CT molecular complexity index is 656. The van der Waals surface area contributed by atoms with Gasteiger partial charge >= 0.3 is 6.03 Å². The van der Waals surface area contributed by atoms with Crippen molar-refractivity contribution in [3.63, 3.8) is 0 Å². The zero-order valence-electron chi connectivity index (χ0n) is 13.6. The maximum atomic E-state index is 12.7. The van der Waals surface area contributed by atoms with Crippen LogP contribution < -0.4 is 10.2 Å². The van der Waals surface area contributed by atoms with Gasteiger partial charge in [-0.2, -0.15) is 0 Å². The summed E-state index contributed by atoms with van der Waals surface area (Å²) < 4.78 is 13.7. The predicted molar refractivity (Wildman–Crippen MR) is 93.7 cm³/mol. The first-order valence-corrected chi connectivity index (χ1v) is 8.93. The standard InChI is InChI=1S/C17H21BrFN3O2/c1-17(6-7-19)15(23)22(16(24)20-17)11-12-5-8-21(10-12)14-4-2-3-13(18)9-14/h2-4,9,12H,5-8,10-11H2,1H3,(H,20,24). The molecular weight excluding hydrogens is 377 g/mol. The van der Waals surface area contributed by atoms with E-state index in [1.165, 1.54) is 4.90 Å². The van der Waals surface area contributed by atoms with Gasteiger partial charge in [-0.15, -0.1) is 0 Å². The minimum atomic E-state index is -1.10. The minimum Gasteiger partial charge on any atom is -0.371 e. The Labute approximate surface area is 149 Å². The first kappa shape index (κ1) is 17.2. The van der Waals surface area contributed by atoms with Crippen molar-refractivity contribution in [2.75, 3.05) is 31.2 Å². The van der Waals surface area contributed by atoms with Gasteiger partial charge in [0.2, 0.25) is 0 Å². The Hall–Kier alpha value is -1.63. The fraction of sp³-hybridized carbons (Fsp3) is 0.529. The van der Waals surface area contributed by atoms with Crippen molar-refractivity contribution in [1.29, 1.82) is 0 Å². The van der Waals surface area contributed by atoms with Crippen molar-refractivity contribution in [3.05, 3.63) is 28.7 Å². The van der Waals surface area contributed by atoms with Gasteiger partial charge < -0.3 is 10.2 Å². The van der Waals surface area contributed by atoms with Crippen molar-refractivity contribution in [2.45, 2.75) is 25.3 Å². The average Bonchev–Trinajstić information content (AvgIpc) is 3.07. The van der Waals surface area contributed by atoms with Gasteiger partial charge in [-0.05, 0) is 37.5 Å². The number of amides is 3. The summed E-state index contributed by atoms with van der Waals surface area (Å²) in [6, 6.07) is 7.69. The smallest absolute Gasteiger partial charge is 0.325 e. The molecule has 2 atom stereocenters. The summed E-state index contributed by atoms with van der Waals surface area (Å²) in [5.74, 6) is -0.0857. The highest BCUT2D eigenvalue weighted by atomic mass is 79.9. The SMILES string of the molecule is CC1(CCF)NC(=O)N(CC2CCN(c3cccc(Br)c3)C2)C1=O. The van der Waals surface area contributed by atoms with Gasteiger partial charge in [0.15, 0.2) is 0 Å². The molecule has 2 unspecified atom stereocenters. The summed E-state index contributed by atoms with van der Waals surface area (Å²) in [5.41, 5.74) is 0.0281. The van der Waals surface area contributed by atoms with E-state index in [0.29, 0.717) is 6.54 Å². The summed E-state index contributed by atoms with van der Waals surface area (Å²) in [7, 11) is 0. The van der Waals surface area contributed by atoms with Crippen LogP contribution in [0, 0.1) is 5.92 Å². The molecule has 5 nitrogen and oxygen atoms in total. The van der Waals surface area contributed by atoms with Gasteiger partial charge in [0, 0.05) is 36.2 Å². The molecular formula is C17H21BrFN3O2. The quantitative estimate of drug-likeness (QED) is 0.777. The molecule has 130 valence electrons. The lowest BCUT2D eigenvalue weighted by atomic mass is 9.98. The van der Waals surface area contributed by atoms with Crippen LogP contribution in [0.25, 0.3) is 0 Å². The Morgan fingerprint density at radius 3 is 2.92 bits per heavy atom. The van der Waals surface area contributed by atoms with Gasteiger partial charge in [-0.1, -0.05) is 22.0 Å². The van der Waals surface area contributed by atoms with Gasteiger partial charge in [-0.25, -0.2) is 4.79 Å². The number of urea groups is 1. The number of benzene rings is 1. The van der Waals surface area contributed by atoms with Crippen LogP contribution in [0.3, 0.4) is 0 Å². The van der Waals surface area contributed by atoms with Crippen LogP contribution >= 0.6 is 15.9 Å². The molecule has 0 aliphatic carbocycles. The molecule has 24 heavy (non-hydrogen) atoms. The summed E-state index contributed by atoms with van der Waals surface area (Å²) in [4.78, 5) is 28.1. The lowest BCUT2D eigenvalue weighted by molar-refractivity contribution is -0.131. The van der Waals surface area contributed by atoms with E-state index in [1.807, 2.05) is 12.1 Å². The van der Waals surface area contributed by atoms with E-state index in [0.717, 1.165) is 29.7 Å². The highest BCUT2D eigenvalue weighted by Gasteiger charge is 2.48. The largest absolute Gasteiger partial charge is 0.371 e. The Balaban J connectivity index is 1.63. The van der Waals surface area contributed by atoms with E-state index < -0.39 is 18.2 Å². The molecule has 0 radical (unpaired) electrons. The Morgan fingerprint density at radius 1 is 1.42 bits per heavy atom. The molecule has 3 rings (SSSR count). The Morgan fingerprint density at radius 2 is 2.21 bits per heavy atom. The summed E-state index contributed by atoms with van der Waals surface area (Å²) in [6.07, 6.45) is 0.937. The van der Waals surface area contributed by atoms with E-state index in [9.17, 15) is 14.0 Å². The molecule has 7 heteroatoms. The summed E-state index contributed by atoms with van der Waals surface area (Å²) in [6.45, 7) is 3.04. The number of nitrogens with zero attached hydrogens (tertiary/aromatic N) is 2. The van der Waals surface area contributed by atoms with E-state index in [4.69, 9.17) is 0 Å². The second-order valence-electron chi connectivity index (χ2n) is 6.70. The maximum absolute atomic E-state index is 12.7. The topological polar surface area (TPSA) is 52.7 Å². The van der Waals surface area contributed by atoms with Crippen LogP contribution in [0.15, 0.2) is 28.7 Å². The van der Waals surface area contributed by atoms with Crippen LogP contribution in [0.5, 0.6) is 0 Å². The number of anilines is 1. The number of nitrogens with one attached hydrogen (secondary N) is 1. The predicted octanol–water partition coefficient (Wildman–Crippen LogP) is 2.95. The number of halogens is 2. The third-order valence-electron chi connectivity index (χ3n) is 4.84. The summed E-state index contributed by atoms with van der Waals surface area (Å²) >= 11 is 3.48. The maximum Gasteiger partial charge on any atom is 0.325 e. The van der Waals surface area contributed by atoms with Crippen molar-refractivity contribution < 1.29 is 14.0 Å². The Kier molecular flexibility index (Phi) is 4.80. The third-order valence-corrected chi connectivity index (χ3v) is 5.33. The van der Waals surface area contributed by atoms with Gasteiger partial charge in [0.25, 0.3) is 5.91 Å². The van der Waals surface area contributed by atoms with Crippen LogP contribution in [-0.2, 0) is 4.79 Å². The molecule has 2 aliphatic heterocycles. The van der Waals surface area contributed by atoms with Crippen LogP contribution in [0.1, 0.15) is 19.8 Å². The highest BCUT2D eigenvalue weighted by Crippen LogP contribution is 2.28. The molecule has 0 bridgehead atoms. The second kappa shape index (κ2) is 6.70. The van der Waals surface area contributed by atoms with Crippen molar-refractivity contribution in [1.82, 2.24) is 10.2 Å². The highest BCUT2D eigenvalue weighted by molar-refractivity contribution is 9.10. The molecule has 3 amide bonds. The van der Waals surface area contributed by atoms with Crippen LogP contribution in [0.4, 0.5) is 14.9 Å². The molecule has 1 aromatic carbocycles. The first-order chi connectivity index (χ1) is 11.4. The number of hydrogen-bond acceptors (Lipinski definition) is 3. The van der Waals surface area contributed by atoms with Crippen molar-refractivity contribution >= 4 is 33.6 Å². The monoisotopic (exact) mass is 397 g/mol. The number of alkyl halides is 1. The van der Waals surface area contributed by atoms with E-state index in [-0.39, 0.29) is 18.2 Å². The zero-order chi connectivity index (χ0) is 17.3. The number of carbonyl (C=O) groups excluding carboxylic acids is 2. The third kappa shape index (κ3) is 3.27. The first-order valence-electron chi connectivity index (χ1n) is 8.13. The van der Waals surface area contributed by atoms with Gasteiger partial charge in [0.1, 0.15) is 5.54 Å². The minimum absolute atomic E-state index is 0.0168. The molecule has 0 aromatic heterocycles. The van der Waals surface area contributed by atoms with Gasteiger partial charge in [0.05, 0.1) is 6.67 Å². The second-order valence-corrected chi connectivity index (χ2v) is 7.61. The van der Waals surface area contributed by atoms with E-state index >= 15 is 0 Å². The summed E-state index contributed by atoms with van der Waals surface area (Å²) in [5, 5.41) is 2.63.